The number of para-hydroxylation sites is 1. The molecule has 0 aliphatic heterocycles. The Labute approximate surface area is 205 Å². The Morgan fingerprint density at radius 2 is 1.49 bits per heavy atom. The van der Waals surface area contributed by atoms with Gasteiger partial charge < -0.3 is 10.6 Å². The number of anilines is 2. The van der Waals surface area contributed by atoms with Crippen LogP contribution < -0.4 is 21.9 Å². The van der Waals surface area contributed by atoms with Gasteiger partial charge in [0, 0.05) is 23.0 Å². The quantitative estimate of drug-likeness (QED) is 0.415. The van der Waals surface area contributed by atoms with Crippen LogP contribution in [-0.4, -0.2) is 20.9 Å². The molecule has 4 aromatic rings. The summed E-state index contributed by atoms with van der Waals surface area (Å²) >= 11 is 5.88. The smallest absolute Gasteiger partial charge is 0.324 e. The first-order valence-corrected chi connectivity index (χ1v) is 11.1. The van der Waals surface area contributed by atoms with Crippen molar-refractivity contribution in [1.29, 1.82) is 0 Å². The zero-order valence-electron chi connectivity index (χ0n) is 18.5. The lowest BCUT2D eigenvalue weighted by molar-refractivity contribution is -0.116. The van der Waals surface area contributed by atoms with Crippen molar-refractivity contribution in [2.45, 2.75) is 13.1 Å². The lowest BCUT2D eigenvalue weighted by atomic mass is 10.1. The maximum atomic E-state index is 12.9. The third kappa shape index (κ3) is 5.93. The number of rotatable bonds is 7. The molecular formula is C26H21ClN4O4. The van der Waals surface area contributed by atoms with Crippen LogP contribution in [0, 0.1) is 0 Å². The fourth-order valence-corrected chi connectivity index (χ4v) is 3.58. The summed E-state index contributed by atoms with van der Waals surface area (Å²) in [4.78, 5) is 50.7. The van der Waals surface area contributed by atoms with E-state index in [1.807, 2.05) is 30.3 Å². The van der Waals surface area contributed by atoms with Crippen LogP contribution in [0.4, 0.5) is 11.4 Å². The van der Waals surface area contributed by atoms with Crippen molar-refractivity contribution in [2.24, 2.45) is 0 Å². The van der Waals surface area contributed by atoms with Gasteiger partial charge in [-0.25, -0.2) is 4.79 Å². The van der Waals surface area contributed by atoms with Gasteiger partial charge in [-0.05, 0) is 42.0 Å². The summed E-state index contributed by atoms with van der Waals surface area (Å²) in [6.45, 7) is -0.240. The van der Waals surface area contributed by atoms with Crippen LogP contribution in [0.3, 0.4) is 0 Å². The first kappa shape index (κ1) is 23.7. The van der Waals surface area contributed by atoms with Crippen molar-refractivity contribution in [3.63, 3.8) is 0 Å². The Hall–Kier alpha value is -4.43. The summed E-state index contributed by atoms with van der Waals surface area (Å²) in [6, 6.07) is 23.6. The Balaban J connectivity index is 1.51. The second kappa shape index (κ2) is 10.7. The molecule has 0 bridgehead atoms. The maximum absolute atomic E-state index is 12.9. The van der Waals surface area contributed by atoms with Gasteiger partial charge in [0.15, 0.2) is 0 Å². The Morgan fingerprint density at radius 3 is 2.23 bits per heavy atom. The van der Waals surface area contributed by atoms with E-state index in [0.29, 0.717) is 10.7 Å². The van der Waals surface area contributed by atoms with Crippen LogP contribution in [0.15, 0.2) is 101 Å². The van der Waals surface area contributed by atoms with Crippen LogP contribution in [0.1, 0.15) is 15.9 Å². The van der Waals surface area contributed by atoms with E-state index in [1.54, 1.807) is 48.5 Å². The minimum Gasteiger partial charge on any atom is -0.324 e. The van der Waals surface area contributed by atoms with Crippen molar-refractivity contribution >= 4 is 34.8 Å². The van der Waals surface area contributed by atoms with E-state index >= 15 is 0 Å². The Kier molecular flexibility index (Phi) is 7.23. The SMILES string of the molecule is O=C(Cn1c(=O)ccn(Cc2ccccc2)c1=O)Nc1ccccc1C(=O)Nc1ccc(Cl)cc1. The molecule has 0 fully saturated rings. The van der Waals surface area contributed by atoms with Gasteiger partial charge in [0.1, 0.15) is 6.54 Å². The van der Waals surface area contributed by atoms with Gasteiger partial charge in [-0.15, -0.1) is 0 Å². The molecule has 1 aromatic heterocycles. The molecule has 35 heavy (non-hydrogen) atoms. The summed E-state index contributed by atoms with van der Waals surface area (Å²) in [7, 11) is 0. The Morgan fingerprint density at radius 1 is 0.800 bits per heavy atom. The maximum Gasteiger partial charge on any atom is 0.331 e. The molecule has 3 aromatic carbocycles. The number of hydrogen-bond donors (Lipinski definition) is 2. The van der Waals surface area contributed by atoms with Gasteiger partial charge >= 0.3 is 5.69 Å². The predicted molar refractivity (Wildman–Crippen MR) is 135 cm³/mol. The summed E-state index contributed by atoms with van der Waals surface area (Å²) in [6.07, 6.45) is 1.41. The van der Waals surface area contributed by atoms with Gasteiger partial charge in [-0.2, -0.15) is 0 Å². The van der Waals surface area contributed by atoms with E-state index in [4.69, 9.17) is 11.6 Å². The second-order valence-electron chi connectivity index (χ2n) is 7.69. The highest BCUT2D eigenvalue weighted by Gasteiger charge is 2.15. The van der Waals surface area contributed by atoms with Crippen LogP contribution in [0.25, 0.3) is 0 Å². The molecule has 0 unspecified atom stereocenters. The van der Waals surface area contributed by atoms with Crippen molar-refractivity contribution in [3.8, 4) is 0 Å². The summed E-state index contributed by atoms with van der Waals surface area (Å²) < 4.78 is 2.21. The molecule has 0 aliphatic carbocycles. The van der Waals surface area contributed by atoms with Gasteiger partial charge in [0.2, 0.25) is 5.91 Å². The number of nitrogens with one attached hydrogen (secondary N) is 2. The number of carbonyl (C=O) groups excluding carboxylic acids is 2. The Bertz CT molecular complexity index is 1480. The molecule has 0 atom stereocenters. The molecule has 2 amide bonds. The highest BCUT2D eigenvalue weighted by molar-refractivity contribution is 6.30. The molecule has 2 N–H and O–H groups in total. The van der Waals surface area contributed by atoms with Crippen LogP contribution in [-0.2, 0) is 17.9 Å². The van der Waals surface area contributed by atoms with E-state index < -0.39 is 29.6 Å². The third-order valence-electron chi connectivity index (χ3n) is 5.19. The minimum atomic E-state index is -0.617. The fourth-order valence-electron chi connectivity index (χ4n) is 3.46. The first-order valence-electron chi connectivity index (χ1n) is 10.7. The lowest BCUT2D eigenvalue weighted by Crippen LogP contribution is -2.42. The van der Waals surface area contributed by atoms with E-state index in [2.05, 4.69) is 10.6 Å². The summed E-state index contributed by atoms with van der Waals surface area (Å²) in [5.74, 6) is -1.06. The van der Waals surface area contributed by atoms with Gasteiger partial charge in [-0.1, -0.05) is 54.1 Å². The van der Waals surface area contributed by atoms with Crippen LogP contribution >= 0.6 is 11.6 Å². The van der Waals surface area contributed by atoms with Crippen molar-refractivity contribution in [2.75, 3.05) is 10.6 Å². The molecule has 0 radical (unpaired) electrons. The average molecular weight is 489 g/mol. The molecule has 176 valence electrons. The molecule has 9 heteroatoms. The number of nitrogens with zero attached hydrogens (tertiary/aromatic N) is 2. The lowest BCUT2D eigenvalue weighted by Gasteiger charge is -2.13. The van der Waals surface area contributed by atoms with E-state index in [0.717, 1.165) is 10.1 Å². The number of benzene rings is 3. The molecule has 0 saturated heterocycles. The largest absolute Gasteiger partial charge is 0.331 e. The number of halogens is 1. The molecule has 8 nitrogen and oxygen atoms in total. The zero-order valence-corrected chi connectivity index (χ0v) is 19.2. The molecule has 0 saturated carbocycles. The molecule has 4 rings (SSSR count). The number of aromatic nitrogens is 2. The van der Waals surface area contributed by atoms with Crippen molar-refractivity contribution in [1.82, 2.24) is 9.13 Å². The van der Waals surface area contributed by atoms with E-state index in [-0.39, 0.29) is 17.8 Å². The van der Waals surface area contributed by atoms with Crippen molar-refractivity contribution in [3.05, 3.63) is 128 Å². The zero-order chi connectivity index (χ0) is 24.8. The third-order valence-corrected chi connectivity index (χ3v) is 5.44. The minimum absolute atomic E-state index is 0.220. The van der Waals surface area contributed by atoms with Gasteiger partial charge in [0.25, 0.3) is 11.5 Å². The first-order chi connectivity index (χ1) is 16.9. The van der Waals surface area contributed by atoms with Crippen LogP contribution in [0.5, 0.6) is 0 Å². The van der Waals surface area contributed by atoms with E-state index in [1.165, 1.54) is 16.8 Å². The van der Waals surface area contributed by atoms with Crippen molar-refractivity contribution < 1.29 is 9.59 Å². The normalized spacial score (nSPS) is 10.5. The number of carbonyl (C=O) groups is 2. The molecule has 0 aliphatic rings. The monoisotopic (exact) mass is 488 g/mol. The van der Waals surface area contributed by atoms with Gasteiger partial charge in [0.05, 0.1) is 17.8 Å². The highest BCUT2D eigenvalue weighted by Crippen LogP contribution is 2.19. The highest BCUT2D eigenvalue weighted by atomic mass is 35.5. The standard InChI is InChI=1S/C26H21ClN4O4/c27-19-10-12-20(13-11-19)28-25(34)21-8-4-5-9-22(21)29-23(32)17-31-24(33)14-15-30(26(31)35)16-18-6-2-1-3-7-18/h1-15H,16-17H2,(H,28,34)(H,29,32). The number of hydrogen-bond acceptors (Lipinski definition) is 4. The van der Waals surface area contributed by atoms with Crippen LogP contribution in [0.2, 0.25) is 5.02 Å². The topological polar surface area (TPSA) is 102 Å². The average Bonchev–Trinajstić information content (AvgIpc) is 2.86. The fraction of sp³-hybridized carbons (Fsp3) is 0.0769. The molecule has 0 spiro atoms. The molecular weight excluding hydrogens is 468 g/mol. The second-order valence-corrected chi connectivity index (χ2v) is 8.13. The predicted octanol–water partition coefficient (Wildman–Crippen LogP) is 3.60. The molecule has 1 heterocycles. The van der Waals surface area contributed by atoms with Gasteiger partial charge in [-0.3, -0.25) is 23.5 Å². The summed E-state index contributed by atoms with van der Waals surface area (Å²) in [5.41, 5.74) is 0.684. The van der Waals surface area contributed by atoms with E-state index in [9.17, 15) is 19.2 Å². The summed E-state index contributed by atoms with van der Waals surface area (Å²) in [5, 5.41) is 5.91. The number of amides is 2.